The molecule has 0 bridgehead atoms. The molecule has 1 aromatic carbocycles. The van der Waals surface area contributed by atoms with Crippen molar-refractivity contribution in [1.29, 1.82) is 0 Å². The zero-order valence-electron chi connectivity index (χ0n) is 9.75. The number of aromatic nitrogens is 2. The maximum Gasteiger partial charge on any atom is 0.0719 e. The van der Waals surface area contributed by atoms with E-state index < -0.39 is 0 Å². The average Bonchev–Trinajstić information content (AvgIpc) is 2.76. The third-order valence-corrected chi connectivity index (χ3v) is 2.44. The van der Waals surface area contributed by atoms with E-state index in [-0.39, 0.29) is 0 Å². The Balaban J connectivity index is 1.61. The molecule has 0 aliphatic rings. The molecule has 0 saturated heterocycles. The maximum atomic E-state index is 5.58. The molecule has 0 aliphatic carbocycles. The van der Waals surface area contributed by atoms with Crippen molar-refractivity contribution in [3.8, 4) is 0 Å². The van der Waals surface area contributed by atoms with Crippen LogP contribution in [0.25, 0.3) is 0 Å². The second-order valence-electron chi connectivity index (χ2n) is 3.93. The monoisotopic (exact) mass is 231 g/mol. The van der Waals surface area contributed by atoms with Crippen LogP contribution in [-0.4, -0.2) is 16.4 Å². The SMILES string of the molecule is Nc1cnn(CCCOCc2ccccc2)c1. The van der Waals surface area contributed by atoms with Gasteiger partial charge < -0.3 is 10.5 Å². The quantitative estimate of drug-likeness (QED) is 0.774. The Hall–Kier alpha value is -1.81. The van der Waals surface area contributed by atoms with Gasteiger partial charge in [0.25, 0.3) is 0 Å². The van der Waals surface area contributed by atoms with E-state index >= 15 is 0 Å². The van der Waals surface area contributed by atoms with Crippen LogP contribution in [0, 0.1) is 0 Å². The van der Waals surface area contributed by atoms with Gasteiger partial charge in [-0.25, -0.2) is 0 Å². The molecule has 2 aromatic rings. The fourth-order valence-electron chi connectivity index (χ4n) is 1.59. The molecule has 0 saturated carbocycles. The molecular weight excluding hydrogens is 214 g/mol. The average molecular weight is 231 g/mol. The summed E-state index contributed by atoms with van der Waals surface area (Å²) in [5.41, 5.74) is 7.48. The van der Waals surface area contributed by atoms with Gasteiger partial charge in [-0.05, 0) is 12.0 Å². The standard InChI is InChI=1S/C13H17N3O/c14-13-9-15-16(10-13)7-4-8-17-11-12-5-2-1-3-6-12/h1-3,5-6,9-10H,4,7-8,11,14H2. The van der Waals surface area contributed by atoms with Crippen LogP contribution >= 0.6 is 0 Å². The summed E-state index contributed by atoms with van der Waals surface area (Å²) in [5, 5.41) is 4.11. The number of anilines is 1. The van der Waals surface area contributed by atoms with Crippen molar-refractivity contribution in [3.63, 3.8) is 0 Å². The molecule has 2 rings (SSSR count). The van der Waals surface area contributed by atoms with Gasteiger partial charge in [-0.3, -0.25) is 4.68 Å². The fraction of sp³-hybridized carbons (Fsp3) is 0.308. The molecule has 0 fully saturated rings. The third kappa shape index (κ3) is 3.92. The second-order valence-corrected chi connectivity index (χ2v) is 3.93. The number of hydrogen-bond acceptors (Lipinski definition) is 3. The lowest BCUT2D eigenvalue weighted by Gasteiger charge is -2.04. The second kappa shape index (κ2) is 6.06. The van der Waals surface area contributed by atoms with Crippen LogP contribution in [0.1, 0.15) is 12.0 Å². The molecule has 1 heterocycles. The predicted molar refractivity (Wildman–Crippen MR) is 67.4 cm³/mol. The lowest BCUT2D eigenvalue weighted by molar-refractivity contribution is 0.115. The smallest absolute Gasteiger partial charge is 0.0719 e. The molecule has 90 valence electrons. The van der Waals surface area contributed by atoms with Crippen molar-refractivity contribution in [2.75, 3.05) is 12.3 Å². The fourth-order valence-corrected chi connectivity index (χ4v) is 1.59. The van der Waals surface area contributed by atoms with Crippen molar-refractivity contribution in [2.45, 2.75) is 19.6 Å². The highest BCUT2D eigenvalue weighted by molar-refractivity contribution is 5.30. The molecule has 4 heteroatoms. The summed E-state index contributed by atoms with van der Waals surface area (Å²) in [7, 11) is 0. The molecule has 17 heavy (non-hydrogen) atoms. The summed E-state index contributed by atoms with van der Waals surface area (Å²) in [4.78, 5) is 0. The molecule has 0 unspecified atom stereocenters. The zero-order valence-corrected chi connectivity index (χ0v) is 9.75. The van der Waals surface area contributed by atoms with E-state index in [1.807, 2.05) is 29.1 Å². The molecule has 4 nitrogen and oxygen atoms in total. The Morgan fingerprint density at radius 1 is 1.24 bits per heavy atom. The molecule has 0 radical (unpaired) electrons. The Kier molecular flexibility index (Phi) is 4.16. The van der Waals surface area contributed by atoms with E-state index in [1.165, 1.54) is 5.56 Å². The van der Waals surface area contributed by atoms with E-state index in [9.17, 15) is 0 Å². The number of benzene rings is 1. The van der Waals surface area contributed by atoms with Crippen LogP contribution < -0.4 is 5.73 Å². The number of nitrogens with zero attached hydrogens (tertiary/aromatic N) is 2. The van der Waals surface area contributed by atoms with E-state index in [2.05, 4.69) is 17.2 Å². The van der Waals surface area contributed by atoms with E-state index in [0.717, 1.165) is 19.6 Å². The van der Waals surface area contributed by atoms with Crippen molar-refractivity contribution in [3.05, 3.63) is 48.3 Å². The molecule has 0 spiro atoms. The van der Waals surface area contributed by atoms with Crippen LogP contribution in [0.15, 0.2) is 42.7 Å². The highest BCUT2D eigenvalue weighted by Crippen LogP contribution is 2.02. The Bertz CT molecular complexity index is 439. The zero-order chi connectivity index (χ0) is 11.9. The lowest BCUT2D eigenvalue weighted by Crippen LogP contribution is -2.03. The summed E-state index contributed by atoms with van der Waals surface area (Å²) in [6.07, 6.45) is 4.43. The number of aryl methyl sites for hydroxylation is 1. The van der Waals surface area contributed by atoms with Crippen LogP contribution in [0.2, 0.25) is 0 Å². The first-order chi connectivity index (χ1) is 8.34. The van der Waals surface area contributed by atoms with Crippen LogP contribution in [-0.2, 0) is 17.9 Å². The maximum absolute atomic E-state index is 5.58. The van der Waals surface area contributed by atoms with Crippen molar-refractivity contribution in [2.24, 2.45) is 0 Å². The Morgan fingerprint density at radius 3 is 2.76 bits per heavy atom. The minimum absolute atomic E-state index is 0.669. The number of nitrogens with two attached hydrogens (primary N) is 1. The Labute approximate surface area is 101 Å². The minimum atomic E-state index is 0.669. The third-order valence-electron chi connectivity index (χ3n) is 2.44. The van der Waals surface area contributed by atoms with E-state index in [0.29, 0.717) is 12.3 Å². The van der Waals surface area contributed by atoms with Gasteiger partial charge in [-0.15, -0.1) is 0 Å². The summed E-state index contributed by atoms with van der Waals surface area (Å²) in [5.74, 6) is 0. The molecule has 0 atom stereocenters. The molecule has 0 aliphatic heterocycles. The van der Waals surface area contributed by atoms with Crippen molar-refractivity contribution in [1.82, 2.24) is 9.78 Å². The first kappa shape index (κ1) is 11.7. The Morgan fingerprint density at radius 2 is 2.06 bits per heavy atom. The largest absolute Gasteiger partial charge is 0.396 e. The topological polar surface area (TPSA) is 53.1 Å². The van der Waals surface area contributed by atoms with E-state index in [4.69, 9.17) is 10.5 Å². The first-order valence-corrected chi connectivity index (χ1v) is 5.74. The predicted octanol–water partition coefficient (Wildman–Crippen LogP) is 2.07. The van der Waals surface area contributed by atoms with Gasteiger partial charge in [-0.2, -0.15) is 5.10 Å². The van der Waals surface area contributed by atoms with Crippen LogP contribution in [0.4, 0.5) is 5.69 Å². The summed E-state index contributed by atoms with van der Waals surface area (Å²) >= 11 is 0. The molecule has 2 N–H and O–H groups in total. The van der Waals surface area contributed by atoms with Gasteiger partial charge in [0.2, 0.25) is 0 Å². The van der Waals surface area contributed by atoms with Gasteiger partial charge in [-0.1, -0.05) is 30.3 Å². The van der Waals surface area contributed by atoms with Gasteiger partial charge in [0.05, 0.1) is 18.5 Å². The van der Waals surface area contributed by atoms with Gasteiger partial charge in [0.15, 0.2) is 0 Å². The number of ether oxygens (including phenoxy) is 1. The molecule has 0 amide bonds. The normalized spacial score (nSPS) is 10.6. The van der Waals surface area contributed by atoms with Crippen molar-refractivity contribution < 1.29 is 4.74 Å². The molecular formula is C13H17N3O. The highest BCUT2D eigenvalue weighted by atomic mass is 16.5. The van der Waals surface area contributed by atoms with E-state index in [1.54, 1.807) is 6.20 Å². The summed E-state index contributed by atoms with van der Waals surface area (Å²) in [6.45, 7) is 2.24. The van der Waals surface area contributed by atoms with Gasteiger partial charge in [0, 0.05) is 19.3 Å². The van der Waals surface area contributed by atoms with Gasteiger partial charge >= 0.3 is 0 Å². The van der Waals surface area contributed by atoms with Crippen LogP contribution in [0.5, 0.6) is 0 Å². The number of hydrogen-bond donors (Lipinski definition) is 1. The lowest BCUT2D eigenvalue weighted by atomic mass is 10.2. The number of nitrogen functional groups attached to an aromatic ring is 1. The van der Waals surface area contributed by atoms with Crippen molar-refractivity contribution >= 4 is 5.69 Å². The minimum Gasteiger partial charge on any atom is -0.396 e. The van der Waals surface area contributed by atoms with Crippen LogP contribution in [0.3, 0.4) is 0 Å². The number of rotatable bonds is 6. The summed E-state index contributed by atoms with van der Waals surface area (Å²) in [6, 6.07) is 10.2. The highest BCUT2D eigenvalue weighted by Gasteiger charge is 1.95. The summed E-state index contributed by atoms with van der Waals surface area (Å²) < 4.78 is 7.41. The molecule has 1 aromatic heterocycles. The van der Waals surface area contributed by atoms with Gasteiger partial charge in [0.1, 0.15) is 0 Å². The first-order valence-electron chi connectivity index (χ1n) is 5.74.